The Morgan fingerprint density at radius 3 is 1.69 bits per heavy atom. The number of anilines is 3. The smallest absolute Gasteiger partial charge is 0.0543 e. The molecule has 0 N–H and O–H groups in total. The zero-order valence-electron chi connectivity index (χ0n) is 35.4. The van der Waals surface area contributed by atoms with Crippen LogP contribution < -0.4 is 4.90 Å². The third-order valence-corrected chi connectivity index (χ3v) is 13.1. The maximum atomic E-state index is 2.47. The molecule has 1 aliphatic rings. The molecule has 0 aliphatic heterocycles. The lowest BCUT2D eigenvalue weighted by Gasteiger charge is -2.26. The van der Waals surface area contributed by atoms with E-state index in [9.17, 15) is 0 Å². The number of nitrogens with zero attached hydrogens (tertiary/aromatic N) is 2. The SMILES string of the molecule is C1=C(c2ccccc2)CCc2c1n(-c1ccccc1)c1cccc(-c3cccc(N(c4ccc(-c5ccccc5)cc4)c4ccc(-c5ccc6c(ccc7ccccc76)c5)cc4)c3)c21. The topological polar surface area (TPSA) is 8.17 Å². The standard InChI is InChI=1S/C62H44N2/c1-4-14-43(15-5-1)45-28-34-53(35-29-45)63(54-36-30-46(31-37-54)48-32-38-57-51(40-48)27-26-47-18-10-11-23-56(47)57)55-22-12-19-50(41-55)58-24-13-25-60-62(58)59-39-33-49(44-16-6-2-7-17-44)42-61(59)64(60)52-20-8-3-9-21-52/h1-32,34-38,40-42H,33,39H2. The fourth-order valence-corrected chi connectivity index (χ4v) is 10.0. The molecule has 10 aromatic carbocycles. The molecule has 0 bridgehead atoms. The maximum Gasteiger partial charge on any atom is 0.0543 e. The second-order valence-electron chi connectivity index (χ2n) is 16.8. The van der Waals surface area contributed by atoms with E-state index in [1.54, 1.807) is 0 Å². The van der Waals surface area contributed by atoms with Gasteiger partial charge in [-0.1, -0.05) is 176 Å². The summed E-state index contributed by atoms with van der Waals surface area (Å²) < 4.78 is 2.47. The van der Waals surface area contributed by atoms with Crippen LogP contribution in [0.25, 0.3) is 83.2 Å². The lowest BCUT2D eigenvalue weighted by molar-refractivity contribution is 0.981. The zero-order chi connectivity index (χ0) is 42.4. The summed E-state index contributed by atoms with van der Waals surface area (Å²) in [6.07, 6.45) is 4.41. The van der Waals surface area contributed by atoms with Gasteiger partial charge in [0.15, 0.2) is 0 Å². The molecule has 302 valence electrons. The van der Waals surface area contributed by atoms with E-state index in [0.717, 1.165) is 29.9 Å². The number of benzene rings is 10. The molecular formula is C62H44N2. The van der Waals surface area contributed by atoms with Gasteiger partial charge in [-0.3, -0.25) is 0 Å². The molecule has 0 fully saturated rings. The molecule has 0 atom stereocenters. The number of aryl methyl sites for hydroxylation is 1. The van der Waals surface area contributed by atoms with Gasteiger partial charge in [-0.2, -0.15) is 0 Å². The molecule has 12 rings (SSSR count). The van der Waals surface area contributed by atoms with Crippen LogP contribution in [0.5, 0.6) is 0 Å². The summed E-state index contributed by atoms with van der Waals surface area (Å²) in [6, 6.07) is 86.3. The van der Waals surface area contributed by atoms with Gasteiger partial charge in [0.2, 0.25) is 0 Å². The molecule has 0 spiro atoms. The van der Waals surface area contributed by atoms with Crippen molar-refractivity contribution in [3.63, 3.8) is 0 Å². The predicted octanol–water partition coefficient (Wildman–Crippen LogP) is 16.9. The molecule has 0 amide bonds. The van der Waals surface area contributed by atoms with Gasteiger partial charge in [-0.15, -0.1) is 0 Å². The van der Waals surface area contributed by atoms with Crippen molar-refractivity contribution in [1.29, 1.82) is 0 Å². The van der Waals surface area contributed by atoms with Crippen molar-refractivity contribution in [2.45, 2.75) is 12.8 Å². The molecule has 1 aromatic heterocycles. The van der Waals surface area contributed by atoms with Crippen LogP contribution in [0.15, 0.2) is 237 Å². The zero-order valence-corrected chi connectivity index (χ0v) is 35.4. The summed E-state index contributed by atoms with van der Waals surface area (Å²) in [4.78, 5) is 2.40. The molecule has 64 heavy (non-hydrogen) atoms. The Balaban J connectivity index is 0.977. The fourth-order valence-electron chi connectivity index (χ4n) is 10.0. The lowest BCUT2D eigenvalue weighted by Crippen LogP contribution is -2.10. The normalized spacial score (nSPS) is 12.3. The van der Waals surface area contributed by atoms with Crippen molar-refractivity contribution >= 4 is 61.2 Å². The fraction of sp³-hybridized carbons (Fsp3) is 0.0323. The average molecular weight is 817 g/mol. The van der Waals surface area contributed by atoms with E-state index < -0.39 is 0 Å². The highest BCUT2D eigenvalue weighted by Gasteiger charge is 2.24. The lowest BCUT2D eigenvalue weighted by atomic mass is 9.89. The number of fused-ring (bicyclic) bond motifs is 6. The van der Waals surface area contributed by atoms with Crippen LogP contribution in [-0.2, 0) is 6.42 Å². The summed E-state index contributed by atoms with van der Waals surface area (Å²) in [7, 11) is 0. The van der Waals surface area contributed by atoms with Crippen molar-refractivity contribution in [1.82, 2.24) is 4.57 Å². The van der Waals surface area contributed by atoms with Gasteiger partial charge in [0.05, 0.1) is 11.2 Å². The van der Waals surface area contributed by atoms with E-state index in [1.807, 2.05) is 0 Å². The molecule has 0 radical (unpaired) electrons. The molecular weight excluding hydrogens is 773 g/mol. The van der Waals surface area contributed by atoms with Crippen LogP contribution in [0.4, 0.5) is 17.1 Å². The molecule has 2 nitrogen and oxygen atoms in total. The van der Waals surface area contributed by atoms with Crippen molar-refractivity contribution in [3.05, 3.63) is 253 Å². The Morgan fingerprint density at radius 1 is 0.359 bits per heavy atom. The van der Waals surface area contributed by atoms with E-state index in [2.05, 4.69) is 252 Å². The van der Waals surface area contributed by atoms with E-state index in [0.29, 0.717) is 0 Å². The highest BCUT2D eigenvalue weighted by atomic mass is 15.1. The number of hydrogen-bond acceptors (Lipinski definition) is 1. The van der Waals surface area contributed by atoms with Gasteiger partial charge in [-0.05, 0) is 151 Å². The Bertz CT molecular complexity index is 3510. The second-order valence-corrected chi connectivity index (χ2v) is 16.8. The second kappa shape index (κ2) is 15.9. The summed E-state index contributed by atoms with van der Waals surface area (Å²) >= 11 is 0. The van der Waals surface area contributed by atoms with Gasteiger partial charge in [0.1, 0.15) is 0 Å². The Kier molecular flexibility index (Phi) is 9.34. The van der Waals surface area contributed by atoms with Gasteiger partial charge >= 0.3 is 0 Å². The van der Waals surface area contributed by atoms with Crippen molar-refractivity contribution in [3.8, 4) is 39.1 Å². The van der Waals surface area contributed by atoms with Crippen LogP contribution >= 0.6 is 0 Å². The van der Waals surface area contributed by atoms with Crippen molar-refractivity contribution < 1.29 is 0 Å². The molecule has 1 aliphatic carbocycles. The number of para-hydroxylation sites is 1. The van der Waals surface area contributed by atoms with Crippen LogP contribution in [0.3, 0.4) is 0 Å². The number of rotatable bonds is 8. The third kappa shape index (κ3) is 6.68. The molecule has 0 saturated carbocycles. The minimum atomic E-state index is 0.975. The molecule has 2 heteroatoms. The van der Waals surface area contributed by atoms with Gasteiger partial charge in [-0.25, -0.2) is 0 Å². The quantitative estimate of drug-likeness (QED) is 0.139. The van der Waals surface area contributed by atoms with E-state index >= 15 is 0 Å². The summed E-state index contributed by atoms with van der Waals surface area (Å²) in [5.74, 6) is 0. The highest BCUT2D eigenvalue weighted by molar-refractivity contribution is 6.08. The average Bonchev–Trinajstić information content (AvgIpc) is 3.71. The number of allylic oxidation sites excluding steroid dienone is 1. The molecule has 11 aromatic rings. The monoisotopic (exact) mass is 816 g/mol. The van der Waals surface area contributed by atoms with Crippen LogP contribution in [0.2, 0.25) is 0 Å². The summed E-state index contributed by atoms with van der Waals surface area (Å²) in [6.45, 7) is 0. The molecule has 0 unspecified atom stereocenters. The maximum absolute atomic E-state index is 2.47. The van der Waals surface area contributed by atoms with E-state index in [4.69, 9.17) is 0 Å². The molecule has 1 heterocycles. The highest BCUT2D eigenvalue weighted by Crippen LogP contribution is 2.44. The first-order valence-corrected chi connectivity index (χ1v) is 22.3. The minimum absolute atomic E-state index is 0.975. The van der Waals surface area contributed by atoms with Crippen LogP contribution in [0, 0.1) is 0 Å². The van der Waals surface area contributed by atoms with Crippen LogP contribution in [-0.4, -0.2) is 4.57 Å². The number of aromatic nitrogens is 1. The largest absolute Gasteiger partial charge is 0.310 e. The Labute approximate surface area is 374 Å². The Hall–Kier alpha value is -8.20. The number of hydrogen-bond donors (Lipinski definition) is 0. The first-order valence-electron chi connectivity index (χ1n) is 22.3. The minimum Gasteiger partial charge on any atom is -0.310 e. The van der Waals surface area contributed by atoms with Crippen molar-refractivity contribution in [2.24, 2.45) is 0 Å². The third-order valence-electron chi connectivity index (χ3n) is 13.1. The first kappa shape index (κ1) is 37.6. The first-order chi connectivity index (χ1) is 31.7. The molecule has 0 saturated heterocycles. The van der Waals surface area contributed by atoms with Gasteiger partial charge in [0.25, 0.3) is 0 Å². The van der Waals surface area contributed by atoms with E-state index in [-0.39, 0.29) is 0 Å². The summed E-state index contributed by atoms with van der Waals surface area (Å²) in [5, 5.41) is 6.42. The Morgan fingerprint density at radius 2 is 0.938 bits per heavy atom. The van der Waals surface area contributed by atoms with Gasteiger partial charge in [0, 0.05) is 28.1 Å². The predicted molar refractivity (Wildman–Crippen MR) is 272 cm³/mol. The van der Waals surface area contributed by atoms with Gasteiger partial charge < -0.3 is 9.47 Å². The van der Waals surface area contributed by atoms with E-state index in [1.165, 1.54) is 93.9 Å². The summed E-state index contributed by atoms with van der Waals surface area (Å²) in [5.41, 5.74) is 18.3. The van der Waals surface area contributed by atoms with Crippen LogP contribution in [0.1, 0.15) is 23.2 Å². The van der Waals surface area contributed by atoms with Crippen molar-refractivity contribution in [2.75, 3.05) is 4.90 Å².